The molecule has 0 fully saturated rings. The molecule has 4 nitrogen and oxygen atoms in total. The van der Waals surface area contributed by atoms with Crippen LogP contribution in [0.4, 0.5) is 11.4 Å². The third kappa shape index (κ3) is 3.49. The predicted octanol–water partition coefficient (Wildman–Crippen LogP) is 8.33. The van der Waals surface area contributed by atoms with Gasteiger partial charge in [-0.3, -0.25) is 5.32 Å². The molecule has 192 valence electrons. The minimum atomic E-state index is 0.139. The van der Waals surface area contributed by atoms with Gasteiger partial charge in [0.25, 0.3) is 0 Å². The molecule has 4 heteroatoms. The van der Waals surface area contributed by atoms with Crippen LogP contribution >= 0.6 is 0 Å². The van der Waals surface area contributed by atoms with Crippen molar-refractivity contribution in [1.29, 1.82) is 5.26 Å². The summed E-state index contributed by atoms with van der Waals surface area (Å²) in [6.45, 7) is 0.861. The molecule has 0 saturated carbocycles. The number of fused-ring (bicyclic) bond motifs is 6. The molecule has 1 aromatic heterocycles. The Labute approximate surface area is 233 Å². The highest BCUT2D eigenvalue weighted by Gasteiger charge is 2.39. The number of hydrogen-bond acceptors (Lipinski definition) is 4. The number of nitriles is 1. The number of anilines is 2. The maximum atomic E-state index is 10.1. The van der Waals surface area contributed by atoms with Crippen molar-refractivity contribution in [3.63, 3.8) is 0 Å². The molecule has 3 heterocycles. The summed E-state index contributed by atoms with van der Waals surface area (Å²) in [6, 6.07) is 34.4. The number of benzene rings is 4. The Hall–Kier alpha value is -4.85. The van der Waals surface area contributed by atoms with Crippen molar-refractivity contribution in [3.05, 3.63) is 138 Å². The minimum absolute atomic E-state index is 0.139. The van der Waals surface area contributed by atoms with Crippen molar-refractivity contribution in [2.45, 2.75) is 24.4 Å². The third-order valence-corrected chi connectivity index (χ3v) is 8.60. The molecule has 8 rings (SSSR count). The van der Waals surface area contributed by atoms with E-state index in [4.69, 9.17) is 4.42 Å². The van der Waals surface area contributed by atoms with E-state index in [2.05, 4.69) is 113 Å². The average molecular weight is 518 g/mol. The van der Waals surface area contributed by atoms with Crippen molar-refractivity contribution >= 4 is 38.9 Å². The first kappa shape index (κ1) is 23.1. The van der Waals surface area contributed by atoms with Crippen molar-refractivity contribution in [3.8, 4) is 6.07 Å². The van der Waals surface area contributed by atoms with Crippen LogP contribution in [0.2, 0.25) is 0 Å². The number of rotatable bonds is 3. The first-order chi connectivity index (χ1) is 19.8. The van der Waals surface area contributed by atoms with Crippen molar-refractivity contribution < 1.29 is 4.42 Å². The Morgan fingerprint density at radius 1 is 0.825 bits per heavy atom. The Morgan fingerprint density at radius 3 is 2.45 bits per heavy atom. The smallest absolute Gasteiger partial charge is 0.136 e. The monoisotopic (exact) mass is 517 g/mol. The molecule has 0 amide bonds. The van der Waals surface area contributed by atoms with E-state index in [-0.39, 0.29) is 12.1 Å². The van der Waals surface area contributed by atoms with Crippen molar-refractivity contribution in [2.24, 2.45) is 0 Å². The normalized spacial score (nSPS) is 21.6. The number of hydrogen-bond donors (Lipinski definition) is 1. The summed E-state index contributed by atoms with van der Waals surface area (Å²) in [4.78, 5) is 2.48. The average Bonchev–Trinajstić information content (AvgIpc) is 3.56. The first-order valence-corrected chi connectivity index (χ1v) is 13.9. The standard InChI is InChI=1S/C36H27N3O/c37-22-25-16-15-23(20-31(25)24-17-18-29-28-10-3-6-14-34(28)40-35(29)21-24)26-8-1-4-12-32(26)39-33-13-5-2-9-27(33)30-11-7-19-38-36(30)39/h1-14,16-18,20-21,23,30,36,38H,15,19H2. The fraction of sp³-hybridized carbons (Fsp3) is 0.139. The summed E-state index contributed by atoms with van der Waals surface area (Å²) in [5, 5.41) is 16.0. The highest BCUT2D eigenvalue weighted by atomic mass is 16.3. The number of allylic oxidation sites excluding steroid dienone is 4. The van der Waals surface area contributed by atoms with Crippen LogP contribution in [-0.2, 0) is 0 Å². The fourth-order valence-electron chi connectivity index (χ4n) is 6.78. The molecule has 1 N–H and O–H groups in total. The highest BCUT2D eigenvalue weighted by molar-refractivity contribution is 6.06. The molecular formula is C36H27N3O. The lowest BCUT2D eigenvalue weighted by atomic mass is 9.83. The van der Waals surface area contributed by atoms with Gasteiger partial charge in [-0.25, -0.2) is 0 Å². The van der Waals surface area contributed by atoms with Gasteiger partial charge in [0, 0.05) is 40.5 Å². The van der Waals surface area contributed by atoms with Crippen LogP contribution in [0, 0.1) is 11.3 Å². The molecule has 0 radical (unpaired) electrons. The second kappa shape index (κ2) is 9.12. The Morgan fingerprint density at radius 2 is 1.57 bits per heavy atom. The molecule has 1 aliphatic carbocycles. The van der Waals surface area contributed by atoms with E-state index in [1.165, 1.54) is 22.5 Å². The topological polar surface area (TPSA) is 52.2 Å². The summed E-state index contributed by atoms with van der Waals surface area (Å²) < 4.78 is 6.19. The number of furan rings is 1. The Bertz CT molecular complexity index is 1930. The van der Waals surface area contributed by atoms with Gasteiger partial charge in [0.15, 0.2) is 0 Å². The number of nitrogens with zero attached hydrogens (tertiary/aromatic N) is 2. The Kier molecular flexibility index (Phi) is 5.26. The van der Waals surface area contributed by atoms with Crippen LogP contribution in [0.15, 0.2) is 125 Å². The lowest BCUT2D eigenvalue weighted by molar-refractivity contribution is 0.511. The maximum absolute atomic E-state index is 10.1. The number of para-hydroxylation sites is 3. The van der Waals surface area contributed by atoms with Gasteiger partial charge in [0.2, 0.25) is 0 Å². The van der Waals surface area contributed by atoms with Crippen LogP contribution in [0.25, 0.3) is 27.5 Å². The van der Waals surface area contributed by atoms with Crippen molar-refractivity contribution in [1.82, 2.24) is 5.32 Å². The molecular weight excluding hydrogens is 490 g/mol. The van der Waals surface area contributed by atoms with Gasteiger partial charge < -0.3 is 9.32 Å². The predicted molar refractivity (Wildman–Crippen MR) is 161 cm³/mol. The van der Waals surface area contributed by atoms with E-state index in [1.54, 1.807) is 0 Å². The summed E-state index contributed by atoms with van der Waals surface area (Å²) in [5.41, 5.74) is 9.51. The van der Waals surface area contributed by atoms with Crippen LogP contribution in [0.3, 0.4) is 0 Å². The molecule has 40 heavy (non-hydrogen) atoms. The molecule has 3 atom stereocenters. The van der Waals surface area contributed by atoms with Gasteiger partial charge in [-0.15, -0.1) is 0 Å². The van der Waals surface area contributed by atoms with E-state index in [9.17, 15) is 5.26 Å². The minimum Gasteiger partial charge on any atom is -0.456 e. The maximum Gasteiger partial charge on any atom is 0.136 e. The molecule has 4 aromatic carbocycles. The van der Waals surface area contributed by atoms with E-state index in [0.717, 1.165) is 51.6 Å². The third-order valence-electron chi connectivity index (χ3n) is 8.60. The summed E-state index contributed by atoms with van der Waals surface area (Å²) in [6.07, 6.45) is 9.93. The van der Waals surface area contributed by atoms with E-state index in [0.29, 0.717) is 5.92 Å². The highest BCUT2D eigenvalue weighted by Crippen LogP contribution is 2.49. The van der Waals surface area contributed by atoms with Crippen LogP contribution < -0.4 is 10.2 Å². The SMILES string of the molecule is N#CC1=CCC(c2ccccc2N2c3ccccc3C3C=CCNC32)C=C1c1ccc2c(c1)oc1ccccc12. The molecule has 2 aliphatic heterocycles. The molecule has 3 unspecified atom stereocenters. The zero-order valence-electron chi connectivity index (χ0n) is 21.9. The van der Waals surface area contributed by atoms with E-state index >= 15 is 0 Å². The molecule has 0 saturated heterocycles. The van der Waals surface area contributed by atoms with E-state index in [1.807, 2.05) is 18.2 Å². The lowest BCUT2D eigenvalue weighted by Gasteiger charge is -2.34. The lowest BCUT2D eigenvalue weighted by Crippen LogP contribution is -2.45. The van der Waals surface area contributed by atoms with Gasteiger partial charge in [-0.1, -0.05) is 85.0 Å². The number of nitrogens with one attached hydrogen (secondary N) is 1. The zero-order chi connectivity index (χ0) is 26.6. The van der Waals surface area contributed by atoms with Gasteiger partial charge in [0.1, 0.15) is 11.2 Å². The summed E-state index contributed by atoms with van der Waals surface area (Å²) >= 11 is 0. The van der Waals surface area contributed by atoms with Gasteiger partial charge in [-0.05, 0) is 59.0 Å². The Balaban J connectivity index is 1.23. The summed E-state index contributed by atoms with van der Waals surface area (Å²) in [5.74, 6) is 0.455. The molecule has 5 aromatic rings. The quantitative estimate of drug-likeness (QED) is 0.245. The first-order valence-electron chi connectivity index (χ1n) is 13.9. The van der Waals surface area contributed by atoms with Gasteiger partial charge >= 0.3 is 0 Å². The summed E-state index contributed by atoms with van der Waals surface area (Å²) in [7, 11) is 0. The second-order valence-electron chi connectivity index (χ2n) is 10.8. The van der Waals surface area contributed by atoms with Crippen LogP contribution in [0.1, 0.15) is 34.9 Å². The molecule has 3 aliphatic rings. The zero-order valence-corrected chi connectivity index (χ0v) is 21.9. The van der Waals surface area contributed by atoms with Crippen molar-refractivity contribution in [2.75, 3.05) is 11.4 Å². The fourth-order valence-corrected chi connectivity index (χ4v) is 6.78. The molecule has 0 spiro atoms. The van der Waals surface area contributed by atoms with Gasteiger partial charge in [-0.2, -0.15) is 5.26 Å². The molecule has 0 bridgehead atoms. The second-order valence-corrected chi connectivity index (χ2v) is 10.8. The van der Waals surface area contributed by atoms with Crippen LogP contribution in [0.5, 0.6) is 0 Å². The van der Waals surface area contributed by atoms with Gasteiger partial charge in [0.05, 0.1) is 17.8 Å². The van der Waals surface area contributed by atoms with E-state index < -0.39 is 0 Å². The largest absolute Gasteiger partial charge is 0.456 e. The van der Waals surface area contributed by atoms with Crippen LogP contribution in [-0.4, -0.2) is 12.7 Å².